The molecule has 1 fully saturated rings. The van der Waals surface area contributed by atoms with Gasteiger partial charge in [0, 0.05) is 36.8 Å². The van der Waals surface area contributed by atoms with E-state index in [4.69, 9.17) is 9.72 Å². The van der Waals surface area contributed by atoms with Crippen LogP contribution in [0.1, 0.15) is 11.1 Å². The highest BCUT2D eigenvalue weighted by Gasteiger charge is 2.20. The Morgan fingerprint density at radius 2 is 1.87 bits per heavy atom. The van der Waals surface area contributed by atoms with E-state index in [1.54, 1.807) is 0 Å². The molecule has 1 saturated heterocycles. The predicted octanol–water partition coefficient (Wildman–Crippen LogP) is 2.64. The van der Waals surface area contributed by atoms with Crippen LogP contribution in [0.25, 0.3) is 0 Å². The van der Waals surface area contributed by atoms with Crippen LogP contribution < -0.4 is 9.80 Å². The number of hydrogen-bond acceptors (Lipinski definition) is 5. The minimum atomic E-state index is 0.750. The Morgan fingerprint density at radius 3 is 2.74 bits per heavy atom. The molecule has 6 heteroatoms. The quantitative estimate of drug-likeness (QED) is 0.807. The van der Waals surface area contributed by atoms with E-state index in [0.717, 1.165) is 62.1 Å². The average molecular weight is 375 g/mol. The third-order valence-electron chi connectivity index (χ3n) is 4.43. The molecule has 2 aliphatic heterocycles. The van der Waals surface area contributed by atoms with Gasteiger partial charge in [0.1, 0.15) is 5.82 Å². The summed E-state index contributed by atoms with van der Waals surface area (Å²) < 4.78 is 6.56. The van der Waals surface area contributed by atoms with E-state index in [-0.39, 0.29) is 0 Å². The molecule has 0 radical (unpaired) electrons. The van der Waals surface area contributed by atoms with Gasteiger partial charge in [-0.1, -0.05) is 22.0 Å². The number of fused-ring (bicyclic) bond motifs is 1. The number of aromatic nitrogens is 2. The summed E-state index contributed by atoms with van der Waals surface area (Å²) in [5.41, 5.74) is 2.81. The van der Waals surface area contributed by atoms with Crippen molar-refractivity contribution in [1.82, 2.24) is 9.97 Å². The van der Waals surface area contributed by atoms with Gasteiger partial charge in [0.2, 0.25) is 5.95 Å². The third-order valence-corrected chi connectivity index (χ3v) is 4.92. The van der Waals surface area contributed by atoms with Crippen molar-refractivity contribution in [3.8, 4) is 0 Å². The molecular formula is C17H19BrN4O. The molecule has 0 N–H and O–H groups in total. The van der Waals surface area contributed by atoms with Gasteiger partial charge in [-0.15, -0.1) is 0 Å². The van der Waals surface area contributed by atoms with E-state index >= 15 is 0 Å². The summed E-state index contributed by atoms with van der Waals surface area (Å²) >= 11 is 3.55. The van der Waals surface area contributed by atoms with Crippen molar-refractivity contribution in [3.05, 3.63) is 46.1 Å². The lowest BCUT2D eigenvalue weighted by Gasteiger charge is -2.31. The van der Waals surface area contributed by atoms with Crippen LogP contribution in [0.4, 0.5) is 11.8 Å². The molecule has 2 aliphatic rings. The Kier molecular flexibility index (Phi) is 4.18. The van der Waals surface area contributed by atoms with E-state index in [1.807, 2.05) is 12.3 Å². The zero-order chi connectivity index (χ0) is 15.6. The molecule has 1 aromatic carbocycles. The summed E-state index contributed by atoms with van der Waals surface area (Å²) in [5, 5.41) is 0. The van der Waals surface area contributed by atoms with Crippen LogP contribution in [0.2, 0.25) is 0 Å². The minimum absolute atomic E-state index is 0.750. The molecule has 120 valence electrons. The molecule has 0 unspecified atom stereocenters. The number of morpholine rings is 1. The normalized spacial score (nSPS) is 18.0. The maximum Gasteiger partial charge on any atom is 0.227 e. The Balaban J connectivity index is 1.55. The monoisotopic (exact) mass is 374 g/mol. The van der Waals surface area contributed by atoms with Crippen molar-refractivity contribution < 1.29 is 4.74 Å². The number of rotatable bonds is 2. The maximum atomic E-state index is 5.40. The lowest BCUT2D eigenvalue weighted by molar-refractivity contribution is 0.122. The molecule has 4 rings (SSSR count). The van der Waals surface area contributed by atoms with Gasteiger partial charge < -0.3 is 14.5 Å². The Hall–Kier alpha value is -1.66. The van der Waals surface area contributed by atoms with Gasteiger partial charge in [0.05, 0.1) is 13.2 Å². The molecule has 0 bridgehead atoms. The lowest BCUT2D eigenvalue weighted by Crippen LogP contribution is -2.38. The number of hydrogen-bond donors (Lipinski definition) is 0. The van der Waals surface area contributed by atoms with E-state index in [1.165, 1.54) is 11.1 Å². The van der Waals surface area contributed by atoms with Crippen LogP contribution in [0.3, 0.4) is 0 Å². The predicted molar refractivity (Wildman–Crippen MR) is 94.0 cm³/mol. The van der Waals surface area contributed by atoms with Crippen LogP contribution in [0.5, 0.6) is 0 Å². The fourth-order valence-electron chi connectivity index (χ4n) is 3.15. The largest absolute Gasteiger partial charge is 0.378 e. The molecule has 0 atom stereocenters. The zero-order valence-electron chi connectivity index (χ0n) is 12.9. The molecule has 1 aromatic heterocycles. The summed E-state index contributed by atoms with van der Waals surface area (Å²) in [6, 6.07) is 8.55. The minimum Gasteiger partial charge on any atom is -0.378 e. The fraction of sp³-hybridized carbons (Fsp3) is 0.412. The zero-order valence-corrected chi connectivity index (χ0v) is 14.5. The average Bonchev–Trinajstić information content (AvgIpc) is 2.62. The molecule has 0 amide bonds. The number of nitrogens with zero attached hydrogens (tertiary/aromatic N) is 4. The van der Waals surface area contributed by atoms with Gasteiger partial charge >= 0.3 is 0 Å². The molecule has 23 heavy (non-hydrogen) atoms. The highest BCUT2D eigenvalue weighted by atomic mass is 79.9. The summed E-state index contributed by atoms with van der Waals surface area (Å²) in [4.78, 5) is 13.8. The van der Waals surface area contributed by atoms with Gasteiger partial charge in [-0.3, -0.25) is 0 Å². The van der Waals surface area contributed by atoms with Crippen molar-refractivity contribution in [2.45, 2.75) is 13.0 Å². The number of benzene rings is 1. The smallest absolute Gasteiger partial charge is 0.227 e. The highest BCUT2D eigenvalue weighted by molar-refractivity contribution is 9.10. The Bertz CT molecular complexity index is 703. The van der Waals surface area contributed by atoms with Crippen LogP contribution >= 0.6 is 15.9 Å². The van der Waals surface area contributed by atoms with Gasteiger partial charge in [0.15, 0.2) is 0 Å². The Morgan fingerprint density at radius 1 is 1.00 bits per heavy atom. The van der Waals surface area contributed by atoms with Crippen molar-refractivity contribution in [1.29, 1.82) is 0 Å². The second-order valence-electron chi connectivity index (χ2n) is 5.90. The molecule has 0 aliphatic carbocycles. The van der Waals surface area contributed by atoms with Crippen LogP contribution in [-0.2, 0) is 17.7 Å². The SMILES string of the molecule is Brc1ccc2c(c1)CCN(c1ccnc(N3CCOCC3)n1)C2. The molecule has 5 nitrogen and oxygen atoms in total. The lowest BCUT2D eigenvalue weighted by atomic mass is 10.00. The number of ether oxygens (including phenoxy) is 1. The molecule has 0 spiro atoms. The fourth-order valence-corrected chi connectivity index (χ4v) is 3.56. The van der Waals surface area contributed by atoms with Crippen LogP contribution in [-0.4, -0.2) is 42.8 Å². The topological polar surface area (TPSA) is 41.5 Å². The first-order valence-electron chi connectivity index (χ1n) is 7.97. The van der Waals surface area contributed by atoms with Crippen molar-refractivity contribution in [2.24, 2.45) is 0 Å². The molecule has 0 saturated carbocycles. The van der Waals surface area contributed by atoms with Crippen molar-refractivity contribution in [3.63, 3.8) is 0 Å². The van der Waals surface area contributed by atoms with Gasteiger partial charge in [-0.05, 0) is 35.7 Å². The first kappa shape index (κ1) is 14.9. The third kappa shape index (κ3) is 3.19. The van der Waals surface area contributed by atoms with Crippen molar-refractivity contribution >= 4 is 27.7 Å². The second kappa shape index (κ2) is 6.45. The number of anilines is 2. The summed E-state index contributed by atoms with van der Waals surface area (Å²) in [5.74, 6) is 1.82. The van der Waals surface area contributed by atoms with Gasteiger partial charge in [-0.25, -0.2) is 4.98 Å². The van der Waals surface area contributed by atoms with Crippen molar-refractivity contribution in [2.75, 3.05) is 42.6 Å². The second-order valence-corrected chi connectivity index (χ2v) is 6.81. The van der Waals surface area contributed by atoms with E-state index in [0.29, 0.717) is 0 Å². The van der Waals surface area contributed by atoms with Crippen LogP contribution in [0, 0.1) is 0 Å². The summed E-state index contributed by atoms with van der Waals surface area (Å²) in [6.07, 6.45) is 2.91. The van der Waals surface area contributed by atoms with E-state index < -0.39 is 0 Å². The van der Waals surface area contributed by atoms with Gasteiger partial charge in [0.25, 0.3) is 0 Å². The standard InChI is InChI=1S/C17H19BrN4O/c18-15-2-1-14-12-22(6-4-13(14)11-15)16-3-5-19-17(20-16)21-7-9-23-10-8-21/h1-3,5,11H,4,6-10,12H2. The molecule has 2 aromatic rings. The van der Waals surface area contributed by atoms with Gasteiger partial charge in [-0.2, -0.15) is 4.98 Å². The molecular weight excluding hydrogens is 356 g/mol. The van der Waals surface area contributed by atoms with E-state index in [9.17, 15) is 0 Å². The number of halogens is 1. The summed E-state index contributed by atoms with van der Waals surface area (Å²) in [6.45, 7) is 5.12. The highest BCUT2D eigenvalue weighted by Crippen LogP contribution is 2.26. The first-order valence-corrected chi connectivity index (χ1v) is 8.77. The maximum absolute atomic E-state index is 5.40. The first-order chi connectivity index (χ1) is 11.3. The van der Waals surface area contributed by atoms with E-state index in [2.05, 4.69) is 48.9 Å². The Labute approximate surface area is 144 Å². The molecule has 3 heterocycles. The van der Waals surface area contributed by atoms with Crippen LogP contribution in [0.15, 0.2) is 34.9 Å². The summed E-state index contributed by atoms with van der Waals surface area (Å²) in [7, 11) is 0.